The molecule has 1 amide bonds. The number of benzene rings is 2. The maximum atomic E-state index is 13.5. The molecule has 0 saturated carbocycles. The monoisotopic (exact) mass is 511 g/mol. The fourth-order valence-electron chi connectivity index (χ4n) is 3.64. The fraction of sp³-hybridized carbons (Fsp3) is 0.393. The predicted octanol–water partition coefficient (Wildman–Crippen LogP) is 4.75. The Bertz CT molecular complexity index is 1280. The molecule has 1 aromatic heterocycles. The smallest absolute Gasteiger partial charge is 0.305 e. The third-order valence-corrected chi connectivity index (χ3v) is 6.58. The lowest BCUT2D eigenvalue weighted by molar-refractivity contribution is -0.137. The number of halogens is 1. The summed E-state index contributed by atoms with van der Waals surface area (Å²) in [7, 11) is 0. The first-order chi connectivity index (χ1) is 17.2. The van der Waals surface area contributed by atoms with Crippen LogP contribution in [0.4, 0.5) is 4.39 Å². The third-order valence-electron chi connectivity index (χ3n) is 6.58. The van der Waals surface area contributed by atoms with Crippen molar-refractivity contribution < 1.29 is 28.9 Å². The van der Waals surface area contributed by atoms with Crippen molar-refractivity contribution in [2.24, 2.45) is 5.41 Å². The first kappa shape index (κ1) is 27.9. The number of carboxylic acid groups (broad SMARTS) is 1. The number of amides is 1. The van der Waals surface area contributed by atoms with Gasteiger partial charge in [0.15, 0.2) is 5.69 Å². The van der Waals surface area contributed by atoms with Gasteiger partial charge in [0.05, 0.1) is 18.2 Å². The van der Waals surface area contributed by atoms with Crippen LogP contribution in [0.15, 0.2) is 48.5 Å². The van der Waals surface area contributed by atoms with Crippen LogP contribution >= 0.6 is 0 Å². The molecular formula is C28H34FN3O5. The molecule has 8 nitrogen and oxygen atoms in total. The molecule has 0 radical (unpaired) electrons. The van der Waals surface area contributed by atoms with E-state index in [4.69, 9.17) is 4.74 Å². The van der Waals surface area contributed by atoms with Crippen molar-refractivity contribution in [2.45, 2.75) is 59.6 Å². The number of aromatic nitrogens is 2. The summed E-state index contributed by atoms with van der Waals surface area (Å²) in [6.07, 6.45) is -0.313. The lowest BCUT2D eigenvalue weighted by Crippen LogP contribution is -2.45. The van der Waals surface area contributed by atoms with E-state index in [9.17, 15) is 24.2 Å². The van der Waals surface area contributed by atoms with Gasteiger partial charge in [0.2, 0.25) is 5.88 Å². The minimum absolute atomic E-state index is 0.0186. The van der Waals surface area contributed by atoms with E-state index in [1.807, 2.05) is 46.8 Å². The summed E-state index contributed by atoms with van der Waals surface area (Å²) in [6.45, 7) is 11.0. The Hall–Kier alpha value is -3.72. The molecule has 0 saturated heterocycles. The predicted molar refractivity (Wildman–Crippen MR) is 137 cm³/mol. The zero-order valence-electron chi connectivity index (χ0n) is 22.0. The molecule has 0 aliphatic heterocycles. The van der Waals surface area contributed by atoms with E-state index in [2.05, 4.69) is 10.4 Å². The topological polar surface area (TPSA) is 114 Å². The van der Waals surface area contributed by atoms with Crippen LogP contribution in [0, 0.1) is 25.1 Å². The Balaban J connectivity index is 1.95. The average Bonchev–Trinajstić information content (AvgIpc) is 3.21. The van der Waals surface area contributed by atoms with Crippen molar-refractivity contribution in [3.05, 3.63) is 76.7 Å². The number of aliphatic carboxylic acids is 1. The van der Waals surface area contributed by atoms with Crippen LogP contribution in [-0.4, -0.2) is 44.1 Å². The van der Waals surface area contributed by atoms with E-state index < -0.39 is 34.8 Å². The number of hydrogen-bond acceptors (Lipinski definition) is 5. The summed E-state index contributed by atoms with van der Waals surface area (Å²) in [6, 6.07) is 11.7. The van der Waals surface area contributed by atoms with Gasteiger partial charge in [-0.3, -0.25) is 9.59 Å². The number of nitrogens with one attached hydrogen (secondary N) is 1. The zero-order chi connectivity index (χ0) is 27.5. The average molecular weight is 512 g/mol. The van der Waals surface area contributed by atoms with E-state index >= 15 is 0 Å². The van der Waals surface area contributed by atoms with Crippen LogP contribution < -0.4 is 10.1 Å². The van der Waals surface area contributed by atoms with Gasteiger partial charge in [-0.1, -0.05) is 44.5 Å². The van der Waals surface area contributed by atoms with E-state index in [1.54, 1.807) is 13.0 Å². The summed E-state index contributed by atoms with van der Waals surface area (Å²) >= 11 is 0. The van der Waals surface area contributed by atoms with Gasteiger partial charge in [-0.25, -0.2) is 9.07 Å². The van der Waals surface area contributed by atoms with Gasteiger partial charge in [-0.2, -0.15) is 5.10 Å². The first-order valence-corrected chi connectivity index (χ1v) is 12.0. The van der Waals surface area contributed by atoms with Gasteiger partial charge >= 0.3 is 5.97 Å². The normalized spacial score (nSPS) is 14.1. The minimum Gasteiger partial charge on any atom is -0.481 e. The highest BCUT2D eigenvalue weighted by atomic mass is 19.1. The maximum absolute atomic E-state index is 13.5. The van der Waals surface area contributed by atoms with Gasteiger partial charge in [0, 0.05) is 6.07 Å². The SMILES string of the molecule is Cc1ccc(C(CC(=O)O)NC(=O)c2cc(OCC(C)(O)C(C)(C)C)n(-c3ccc(F)cc3)n2)c(C)c1. The number of nitrogens with zero attached hydrogens (tertiary/aromatic N) is 2. The van der Waals surface area contributed by atoms with Crippen molar-refractivity contribution in [1.82, 2.24) is 15.1 Å². The number of hydrogen-bond donors (Lipinski definition) is 3. The van der Waals surface area contributed by atoms with Crippen molar-refractivity contribution in [3.63, 3.8) is 0 Å². The molecule has 0 spiro atoms. The van der Waals surface area contributed by atoms with Crippen LogP contribution in [0.3, 0.4) is 0 Å². The highest BCUT2D eigenvalue weighted by molar-refractivity contribution is 5.93. The van der Waals surface area contributed by atoms with Crippen LogP contribution in [-0.2, 0) is 4.79 Å². The van der Waals surface area contributed by atoms with E-state index in [0.717, 1.165) is 11.1 Å². The molecule has 0 bridgehead atoms. The van der Waals surface area contributed by atoms with Crippen LogP contribution in [0.2, 0.25) is 0 Å². The lowest BCUT2D eigenvalue weighted by Gasteiger charge is -2.36. The number of aryl methyl sites for hydroxylation is 2. The van der Waals surface area contributed by atoms with Gasteiger partial charge in [-0.05, 0) is 61.6 Å². The quantitative estimate of drug-likeness (QED) is 0.382. The van der Waals surface area contributed by atoms with Gasteiger partial charge < -0.3 is 20.3 Å². The Labute approximate surface area is 216 Å². The standard InChI is InChI=1S/C28H34FN3O5/c1-17-7-12-21(18(2)13-17)22(15-25(33)34)30-26(35)23-14-24(37-16-28(6,36)27(3,4)5)32(31-23)20-10-8-19(29)9-11-20/h7-14,22,36H,15-16H2,1-6H3,(H,30,35)(H,33,34). The van der Waals surface area contributed by atoms with Crippen molar-refractivity contribution in [3.8, 4) is 11.6 Å². The van der Waals surface area contributed by atoms with Crippen molar-refractivity contribution >= 4 is 11.9 Å². The van der Waals surface area contributed by atoms with Gasteiger partial charge in [0.25, 0.3) is 5.91 Å². The van der Waals surface area contributed by atoms with Crippen molar-refractivity contribution in [1.29, 1.82) is 0 Å². The molecule has 3 aromatic rings. The molecule has 2 atom stereocenters. The second kappa shape index (κ2) is 10.7. The summed E-state index contributed by atoms with van der Waals surface area (Å²) in [5, 5.41) is 27.5. The molecule has 2 unspecified atom stereocenters. The molecule has 1 heterocycles. The number of carbonyl (C=O) groups is 2. The highest BCUT2D eigenvalue weighted by Gasteiger charge is 2.36. The summed E-state index contributed by atoms with van der Waals surface area (Å²) in [5.41, 5.74) is 1.30. The molecular weight excluding hydrogens is 477 g/mol. The molecule has 2 aromatic carbocycles. The zero-order valence-corrected chi connectivity index (χ0v) is 22.0. The van der Waals surface area contributed by atoms with E-state index in [1.165, 1.54) is 35.0 Å². The van der Waals surface area contributed by atoms with Gasteiger partial charge in [-0.15, -0.1) is 0 Å². The summed E-state index contributed by atoms with van der Waals surface area (Å²) in [5.74, 6) is -1.92. The second-order valence-corrected chi connectivity index (χ2v) is 10.6. The largest absolute Gasteiger partial charge is 0.481 e. The van der Waals surface area contributed by atoms with Crippen LogP contribution in [0.1, 0.15) is 67.3 Å². The number of carbonyl (C=O) groups excluding carboxylic acids is 1. The second-order valence-electron chi connectivity index (χ2n) is 10.6. The first-order valence-electron chi connectivity index (χ1n) is 12.0. The van der Waals surface area contributed by atoms with Crippen LogP contribution in [0.5, 0.6) is 5.88 Å². The Morgan fingerprint density at radius 2 is 1.73 bits per heavy atom. The molecule has 198 valence electrons. The number of carboxylic acids is 1. The Morgan fingerprint density at radius 1 is 1.08 bits per heavy atom. The summed E-state index contributed by atoms with van der Waals surface area (Å²) < 4.78 is 20.8. The summed E-state index contributed by atoms with van der Waals surface area (Å²) in [4.78, 5) is 24.8. The molecule has 3 rings (SSSR count). The van der Waals surface area contributed by atoms with Gasteiger partial charge in [0.1, 0.15) is 18.0 Å². The van der Waals surface area contributed by atoms with E-state index in [0.29, 0.717) is 11.3 Å². The molecule has 0 aliphatic rings. The lowest BCUT2D eigenvalue weighted by atomic mass is 9.78. The Kier molecular flexibility index (Phi) is 8.07. The molecule has 9 heteroatoms. The maximum Gasteiger partial charge on any atom is 0.305 e. The molecule has 37 heavy (non-hydrogen) atoms. The number of aliphatic hydroxyl groups is 1. The molecule has 3 N–H and O–H groups in total. The van der Waals surface area contributed by atoms with Crippen molar-refractivity contribution in [2.75, 3.05) is 6.61 Å². The third kappa shape index (κ3) is 6.74. The number of rotatable bonds is 9. The molecule has 0 aliphatic carbocycles. The fourth-order valence-corrected chi connectivity index (χ4v) is 3.64. The Morgan fingerprint density at radius 3 is 2.30 bits per heavy atom. The number of ether oxygens (including phenoxy) is 1. The van der Waals surface area contributed by atoms with E-state index in [-0.39, 0.29) is 24.6 Å². The molecule has 0 fully saturated rings. The highest BCUT2D eigenvalue weighted by Crippen LogP contribution is 2.31. The minimum atomic E-state index is -1.21. The van der Waals surface area contributed by atoms with Crippen LogP contribution in [0.25, 0.3) is 5.69 Å².